The van der Waals surface area contributed by atoms with Gasteiger partial charge < -0.3 is 5.32 Å². The van der Waals surface area contributed by atoms with Crippen LogP contribution in [0.25, 0.3) is 0 Å². The summed E-state index contributed by atoms with van der Waals surface area (Å²) in [5.74, 6) is 0.0134. The molecule has 1 aromatic rings. The van der Waals surface area contributed by atoms with Crippen molar-refractivity contribution in [3.63, 3.8) is 0 Å². The minimum Gasteiger partial charge on any atom is -0.325 e. The first-order valence-electron chi connectivity index (χ1n) is 4.80. The molecule has 0 spiro atoms. The van der Waals surface area contributed by atoms with Crippen LogP contribution in [-0.2, 0) is 4.79 Å². The summed E-state index contributed by atoms with van der Waals surface area (Å²) in [7, 11) is 0. The summed E-state index contributed by atoms with van der Waals surface area (Å²) in [6.07, 6.45) is 2.92. The Hall–Kier alpha value is -1.09. The van der Waals surface area contributed by atoms with Crippen LogP contribution in [0.3, 0.4) is 0 Å². The van der Waals surface area contributed by atoms with E-state index < -0.39 is 0 Å². The number of rotatable bonds is 4. The van der Waals surface area contributed by atoms with Gasteiger partial charge in [0.1, 0.15) is 0 Å². The van der Waals surface area contributed by atoms with Crippen molar-refractivity contribution in [2.45, 2.75) is 19.8 Å². The highest BCUT2D eigenvalue weighted by Crippen LogP contribution is 2.23. The lowest BCUT2D eigenvalue weighted by Crippen LogP contribution is -2.11. The molecule has 0 aliphatic heterocycles. The quantitative estimate of drug-likeness (QED) is 0.829. The first-order chi connectivity index (χ1) is 7.13. The van der Waals surface area contributed by atoms with Crippen molar-refractivity contribution in [3.8, 4) is 0 Å². The first kappa shape index (κ1) is 12.0. The van der Waals surface area contributed by atoms with Crippen LogP contribution in [0.1, 0.15) is 18.4 Å². The van der Waals surface area contributed by atoms with Crippen LogP contribution in [0.4, 0.5) is 5.69 Å². The molecule has 2 nitrogen and oxygen atoms in total. The van der Waals surface area contributed by atoms with Crippen molar-refractivity contribution < 1.29 is 4.79 Å². The highest BCUT2D eigenvalue weighted by atomic mass is 79.9. The van der Waals surface area contributed by atoms with Crippen LogP contribution >= 0.6 is 15.9 Å². The van der Waals surface area contributed by atoms with Crippen molar-refractivity contribution in [2.24, 2.45) is 0 Å². The maximum Gasteiger partial charge on any atom is 0.224 e. The lowest BCUT2D eigenvalue weighted by molar-refractivity contribution is -0.116. The van der Waals surface area contributed by atoms with Gasteiger partial charge in [-0.3, -0.25) is 4.79 Å². The summed E-state index contributed by atoms with van der Waals surface area (Å²) >= 11 is 3.41. The van der Waals surface area contributed by atoms with Gasteiger partial charge in [0, 0.05) is 10.9 Å². The molecule has 0 radical (unpaired) electrons. The predicted molar refractivity (Wildman–Crippen MR) is 66.9 cm³/mol. The monoisotopic (exact) mass is 267 g/mol. The van der Waals surface area contributed by atoms with E-state index in [9.17, 15) is 4.79 Å². The van der Waals surface area contributed by atoms with Crippen LogP contribution < -0.4 is 5.32 Å². The molecular weight excluding hydrogens is 254 g/mol. The first-order valence-corrected chi connectivity index (χ1v) is 5.59. The second-order valence-electron chi connectivity index (χ2n) is 3.36. The fourth-order valence-corrected chi connectivity index (χ4v) is 1.76. The molecule has 0 bridgehead atoms. The zero-order valence-electron chi connectivity index (χ0n) is 8.72. The number of nitrogens with one attached hydrogen (secondary N) is 1. The van der Waals surface area contributed by atoms with E-state index in [-0.39, 0.29) is 5.91 Å². The van der Waals surface area contributed by atoms with Crippen molar-refractivity contribution >= 4 is 27.5 Å². The summed E-state index contributed by atoms with van der Waals surface area (Å²) in [5.41, 5.74) is 1.97. The van der Waals surface area contributed by atoms with Gasteiger partial charge in [-0.15, -0.1) is 6.58 Å². The Labute approximate surface area is 98.5 Å². The Morgan fingerprint density at radius 3 is 2.93 bits per heavy atom. The topological polar surface area (TPSA) is 29.1 Å². The van der Waals surface area contributed by atoms with E-state index in [1.54, 1.807) is 6.08 Å². The average molecular weight is 268 g/mol. The van der Waals surface area contributed by atoms with Gasteiger partial charge in [-0.05, 0) is 47.0 Å². The van der Waals surface area contributed by atoms with Crippen molar-refractivity contribution in [3.05, 3.63) is 40.9 Å². The summed E-state index contributed by atoms with van der Waals surface area (Å²) in [6, 6.07) is 5.84. The van der Waals surface area contributed by atoms with Gasteiger partial charge >= 0.3 is 0 Å². The molecule has 80 valence electrons. The highest BCUT2D eigenvalue weighted by Gasteiger charge is 2.04. The summed E-state index contributed by atoms with van der Waals surface area (Å²) in [4.78, 5) is 11.4. The van der Waals surface area contributed by atoms with Gasteiger partial charge in [-0.2, -0.15) is 0 Å². The summed E-state index contributed by atoms with van der Waals surface area (Å²) in [5, 5.41) is 2.84. The van der Waals surface area contributed by atoms with E-state index in [1.807, 2.05) is 25.1 Å². The van der Waals surface area contributed by atoms with Crippen LogP contribution in [0.2, 0.25) is 0 Å². The molecule has 0 fully saturated rings. The fourth-order valence-electron chi connectivity index (χ4n) is 1.17. The Morgan fingerprint density at radius 2 is 2.33 bits per heavy atom. The van der Waals surface area contributed by atoms with Crippen molar-refractivity contribution in [1.29, 1.82) is 0 Å². The van der Waals surface area contributed by atoms with E-state index in [4.69, 9.17) is 0 Å². The average Bonchev–Trinajstić information content (AvgIpc) is 2.19. The molecule has 1 amide bonds. The third-order valence-electron chi connectivity index (χ3n) is 1.97. The van der Waals surface area contributed by atoms with E-state index in [0.29, 0.717) is 12.8 Å². The molecule has 0 saturated heterocycles. The second kappa shape index (κ2) is 5.71. The molecule has 1 N–H and O–H groups in total. The van der Waals surface area contributed by atoms with Gasteiger partial charge in [0.15, 0.2) is 0 Å². The van der Waals surface area contributed by atoms with Crippen molar-refractivity contribution in [2.75, 3.05) is 5.32 Å². The third kappa shape index (κ3) is 3.88. The van der Waals surface area contributed by atoms with Gasteiger partial charge in [-0.25, -0.2) is 0 Å². The molecule has 0 saturated carbocycles. The maximum absolute atomic E-state index is 11.4. The van der Waals surface area contributed by atoms with Crippen LogP contribution in [0, 0.1) is 6.92 Å². The molecule has 3 heteroatoms. The maximum atomic E-state index is 11.4. The molecular formula is C12H14BrNO. The number of anilines is 1. The second-order valence-corrected chi connectivity index (χ2v) is 4.21. The molecule has 0 unspecified atom stereocenters. The number of carbonyl (C=O) groups excluding carboxylic acids is 1. The number of carbonyl (C=O) groups is 1. The van der Waals surface area contributed by atoms with Gasteiger partial charge in [-0.1, -0.05) is 12.1 Å². The van der Waals surface area contributed by atoms with E-state index in [0.717, 1.165) is 15.7 Å². The zero-order valence-corrected chi connectivity index (χ0v) is 10.3. The minimum absolute atomic E-state index is 0.0134. The number of allylic oxidation sites excluding steroid dienone is 1. The van der Waals surface area contributed by atoms with Crippen LogP contribution in [0.5, 0.6) is 0 Å². The normalized spacial score (nSPS) is 9.73. The molecule has 0 aliphatic carbocycles. The lowest BCUT2D eigenvalue weighted by atomic mass is 10.2. The van der Waals surface area contributed by atoms with Crippen LogP contribution in [-0.4, -0.2) is 5.91 Å². The molecule has 15 heavy (non-hydrogen) atoms. The van der Waals surface area contributed by atoms with Gasteiger partial charge in [0.05, 0.1) is 5.69 Å². The van der Waals surface area contributed by atoms with Gasteiger partial charge in [0.25, 0.3) is 0 Å². The summed E-state index contributed by atoms with van der Waals surface area (Å²) < 4.78 is 0.912. The number of hydrogen-bond acceptors (Lipinski definition) is 1. The van der Waals surface area contributed by atoms with Crippen LogP contribution in [0.15, 0.2) is 35.3 Å². The molecule has 1 aromatic carbocycles. The number of aryl methyl sites for hydroxylation is 1. The van der Waals surface area contributed by atoms with E-state index >= 15 is 0 Å². The SMILES string of the molecule is C=CCCC(=O)Nc1ccc(C)cc1Br. The highest BCUT2D eigenvalue weighted by molar-refractivity contribution is 9.10. The number of halogens is 1. The zero-order chi connectivity index (χ0) is 11.3. The molecule has 1 rings (SSSR count). The fraction of sp³-hybridized carbons (Fsp3) is 0.250. The smallest absolute Gasteiger partial charge is 0.224 e. The Kier molecular flexibility index (Phi) is 4.56. The predicted octanol–water partition coefficient (Wildman–Crippen LogP) is 3.66. The summed E-state index contributed by atoms with van der Waals surface area (Å²) in [6.45, 7) is 5.59. The Balaban J connectivity index is 2.64. The number of benzene rings is 1. The standard InChI is InChI=1S/C12H14BrNO/c1-3-4-5-12(15)14-11-7-6-9(2)8-10(11)13/h3,6-8H,1,4-5H2,2H3,(H,14,15). The van der Waals surface area contributed by atoms with E-state index in [1.165, 1.54) is 0 Å². The molecule has 0 aliphatic rings. The molecule has 0 atom stereocenters. The van der Waals surface area contributed by atoms with E-state index in [2.05, 4.69) is 27.8 Å². The molecule has 0 aromatic heterocycles. The third-order valence-corrected chi connectivity index (χ3v) is 2.63. The Morgan fingerprint density at radius 1 is 1.60 bits per heavy atom. The number of amides is 1. The molecule has 0 heterocycles. The van der Waals surface area contributed by atoms with Gasteiger partial charge in [0.2, 0.25) is 5.91 Å². The largest absolute Gasteiger partial charge is 0.325 e. The number of hydrogen-bond donors (Lipinski definition) is 1. The Bertz CT molecular complexity index is 374. The van der Waals surface area contributed by atoms with Crippen molar-refractivity contribution in [1.82, 2.24) is 0 Å². The lowest BCUT2D eigenvalue weighted by Gasteiger charge is -2.07. The minimum atomic E-state index is 0.0134.